The minimum absolute atomic E-state index is 0.00665. The zero-order valence-corrected chi connectivity index (χ0v) is 53.9. The van der Waals surface area contributed by atoms with Gasteiger partial charge < -0.3 is 56.4 Å². The fourth-order valence-electron chi connectivity index (χ4n) is 10.4. The normalized spacial score (nSPS) is 12.1. The van der Waals surface area contributed by atoms with E-state index in [0.717, 1.165) is 16.7 Å². The summed E-state index contributed by atoms with van der Waals surface area (Å²) in [5.41, 5.74) is 2.70. The van der Waals surface area contributed by atoms with Crippen molar-refractivity contribution in [2.24, 2.45) is 0 Å². The van der Waals surface area contributed by atoms with E-state index in [1.807, 2.05) is 121 Å². The second-order valence-electron chi connectivity index (χ2n) is 27.8. The number of carboxylic acid groups (broad SMARTS) is 1. The van der Waals surface area contributed by atoms with Crippen LogP contribution in [0.25, 0.3) is 32.7 Å². The van der Waals surface area contributed by atoms with Crippen LogP contribution in [0.15, 0.2) is 142 Å². The molecule has 18 nitrogen and oxygen atoms in total. The first-order valence-electron chi connectivity index (χ1n) is 29.4. The lowest BCUT2D eigenvalue weighted by Crippen LogP contribution is -2.30. The molecule has 3 aromatic heterocycles. The van der Waals surface area contributed by atoms with Gasteiger partial charge in [-0.15, -0.1) is 0 Å². The van der Waals surface area contributed by atoms with Crippen LogP contribution < -0.4 is 32.2 Å². The Hall–Kier alpha value is -9.81. The monoisotopic (exact) mass is 1220 g/mol. The molecule has 3 amide bonds. The molecular weight excluding hydrogens is 1140 g/mol. The van der Waals surface area contributed by atoms with Crippen molar-refractivity contribution in [2.75, 3.05) is 22.6 Å². The first-order valence-corrected chi connectivity index (χ1v) is 29.4. The molecule has 9 aromatic rings. The lowest BCUT2D eigenvalue weighted by Gasteiger charge is -2.29. The lowest BCUT2D eigenvalue weighted by molar-refractivity contribution is -0.142. The van der Waals surface area contributed by atoms with Crippen molar-refractivity contribution in [2.45, 2.75) is 143 Å². The highest BCUT2D eigenvalue weighted by molar-refractivity contribution is 6.08. The second kappa shape index (κ2) is 25.4. The van der Waals surface area contributed by atoms with Crippen molar-refractivity contribution >= 4 is 73.5 Å². The number of anilines is 3. The summed E-state index contributed by atoms with van der Waals surface area (Å²) in [4.78, 5) is 97.8. The van der Waals surface area contributed by atoms with Crippen LogP contribution in [0, 0.1) is 0 Å². The Labute approximate surface area is 522 Å². The van der Waals surface area contributed by atoms with Crippen LogP contribution in [0.1, 0.15) is 175 Å². The maximum Gasteiger partial charge on any atom is 0.313 e. The van der Waals surface area contributed by atoms with Gasteiger partial charge in [-0.05, 0) is 112 Å². The van der Waals surface area contributed by atoms with Crippen LogP contribution in [0.2, 0.25) is 0 Å². The zero-order valence-electron chi connectivity index (χ0n) is 53.9. The summed E-state index contributed by atoms with van der Waals surface area (Å²) < 4.78 is 0. The number of nitrogens with one attached hydrogen (secondary N) is 6. The number of aromatic nitrogens is 3. The number of phenolic OH excluding ortho intramolecular Hbond substituents is 3. The number of aromatic amines is 3. The molecule has 0 atom stereocenters. The molecule has 6 aromatic carbocycles. The Morgan fingerprint density at radius 2 is 0.656 bits per heavy atom. The number of amides is 3. The Morgan fingerprint density at radius 3 is 0.944 bits per heavy atom. The molecule has 0 unspecified atom stereocenters. The number of para-hydroxylation sites is 3. The Bertz CT molecular complexity index is 4470. The van der Waals surface area contributed by atoms with Crippen LogP contribution >= 0.6 is 0 Å². The first kappa shape index (κ1) is 67.7. The molecule has 0 fully saturated rings. The molecule has 3 heterocycles. The predicted octanol–water partition coefficient (Wildman–Crippen LogP) is 13.3. The number of hydrogen-bond donors (Lipinski definition) is 11. The summed E-state index contributed by atoms with van der Waals surface area (Å²) in [7, 11) is 0. The number of rotatable bonds is 10. The molecule has 0 saturated heterocycles. The minimum Gasteiger partial charge on any atom is -0.508 e. The summed E-state index contributed by atoms with van der Waals surface area (Å²) in [5.74, 6) is -2.92. The first-order chi connectivity index (χ1) is 41.7. The van der Waals surface area contributed by atoms with Gasteiger partial charge in [-0.25, -0.2) is 0 Å². The van der Waals surface area contributed by atoms with Gasteiger partial charge in [0.15, 0.2) is 0 Å². The Kier molecular flexibility index (Phi) is 19.1. The summed E-state index contributed by atoms with van der Waals surface area (Å²) in [5, 5.41) is 60.7. The largest absolute Gasteiger partial charge is 0.508 e. The molecule has 0 aliphatic carbocycles. The molecular formula is C72H82N6O12. The number of H-pyrrole nitrogens is 3. The summed E-state index contributed by atoms with van der Waals surface area (Å²) in [6.45, 7) is 30.5. The number of carbonyl (C=O) groups is 4. The number of carboxylic acids is 1. The number of carbonyl (C=O) groups excluding carboxylic acids is 3. The molecule has 472 valence electrons. The van der Waals surface area contributed by atoms with Crippen LogP contribution in [-0.4, -0.2) is 70.8 Å². The fraction of sp³-hybridized carbons (Fsp3) is 0.319. The molecule has 0 aliphatic rings. The van der Waals surface area contributed by atoms with Gasteiger partial charge in [0.25, 0.3) is 17.7 Å². The van der Waals surface area contributed by atoms with Gasteiger partial charge in [-0.2, -0.15) is 0 Å². The van der Waals surface area contributed by atoms with Crippen molar-refractivity contribution in [1.82, 2.24) is 15.0 Å². The van der Waals surface area contributed by atoms with Gasteiger partial charge in [0.1, 0.15) is 33.9 Å². The topological polar surface area (TPSA) is 304 Å². The highest BCUT2D eigenvalue weighted by Gasteiger charge is 2.36. The molecule has 9 rings (SSSR count). The molecule has 11 N–H and O–H groups in total. The van der Waals surface area contributed by atoms with E-state index in [9.17, 15) is 59.1 Å². The van der Waals surface area contributed by atoms with Crippen LogP contribution in [0.5, 0.6) is 17.2 Å². The van der Waals surface area contributed by atoms with Crippen molar-refractivity contribution < 1.29 is 44.7 Å². The van der Waals surface area contributed by atoms with Crippen LogP contribution in [0.3, 0.4) is 0 Å². The molecule has 0 spiro atoms. The van der Waals surface area contributed by atoms with Crippen LogP contribution in [-0.2, 0) is 37.3 Å². The molecule has 90 heavy (non-hydrogen) atoms. The summed E-state index contributed by atoms with van der Waals surface area (Å²) in [6.07, 6.45) is 4.19. The highest BCUT2D eigenvalue weighted by atomic mass is 16.4. The van der Waals surface area contributed by atoms with E-state index in [1.165, 1.54) is 44.6 Å². The highest BCUT2D eigenvalue weighted by Crippen LogP contribution is 2.43. The van der Waals surface area contributed by atoms with E-state index in [1.54, 1.807) is 72.8 Å². The van der Waals surface area contributed by atoms with Gasteiger partial charge in [0.05, 0.1) is 12.0 Å². The molecule has 0 radical (unpaired) electrons. The standard InChI is InChI=1S/C24H26N2O5.C24H28N2O4.C24H28N2O3/c1-23(2,3)15-10-16(24(4,5)22(30)31)19(27)11-18(15)26-21(29)14-12-25-17-9-7-6-8-13(17)20(14)28;1-23(2,3)16-10-17(24(4,5)13-27)20(28)11-19(16)26-22(30)15-12-25-18-9-7-6-8-14(18)21(15)29;1-23(2,3)16-11-17(24(4,5)6)20(27)12-19(16)26-22(29)15-13-25-18-10-8-7-9-14(18)21(15)28/h6-12,27H,1-5H3,(H,25,28)(H,26,29)(H,30,31);6-12,27-28H,13H2,1-5H3,(H,25,29)(H,26,30);7-13,27H,1-6H3,(H,25,28)(H,26,29). The third-order valence-corrected chi connectivity index (χ3v) is 15.8. The number of aliphatic carboxylic acids is 1. The van der Waals surface area contributed by atoms with Crippen molar-refractivity contribution in [3.63, 3.8) is 0 Å². The van der Waals surface area contributed by atoms with Gasteiger partial charge in [0, 0.05) is 103 Å². The smallest absolute Gasteiger partial charge is 0.313 e. The molecule has 0 bridgehead atoms. The predicted molar refractivity (Wildman–Crippen MR) is 357 cm³/mol. The number of aliphatic hydroxyl groups excluding tert-OH is 1. The second-order valence-corrected chi connectivity index (χ2v) is 27.8. The third kappa shape index (κ3) is 14.5. The maximum absolute atomic E-state index is 13.0. The number of hydrogen-bond acceptors (Lipinski definition) is 11. The number of aliphatic hydroxyl groups is 1. The van der Waals surface area contributed by atoms with E-state index >= 15 is 0 Å². The Balaban J connectivity index is 0.000000192. The Morgan fingerprint density at radius 1 is 0.389 bits per heavy atom. The van der Waals surface area contributed by atoms with Gasteiger partial charge in [-0.1, -0.05) is 133 Å². The third-order valence-electron chi connectivity index (χ3n) is 15.8. The van der Waals surface area contributed by atoms with Crippen molar-refractivity contribution in [3.05, 3.63) is 209 Å². The quantitative estimate of drug-likeness (QED) is 0.0609. The number of phenols is 3. The SMILES string of the molecule is CC(C)(C)c1cc(C(C)(C)C(=O)O)c(O)cc1NC(=O)c1c[nH]c2ccccc2c1=O.CC(C)(C)c1cc(C(C)(C)C)c(NC(=O)c2c[nH]c3ccccc3c2=O)cc1O.CC(C)(C)c1cc(C(C)(C)CO)c(O)cc1NC(=O)c1c[nH]c2ccccc2c1=O. The number of benzene rings is 6. The number of pyridine rings is 3. The number of fused-ring (bicyclic) bond motifs is 3. The summed E-state index contributed by atoms with van der Waals surface area (Å²) >= 11 is 0. The van der Waals surface area contributed by atoms with Gasteiger partial charge in [0.2, 0.25) is 16.3 Å². The zero-order chi connectivity index (χ0) is 67.0. The minimum atomic E-state index is -1.33. The van der Waals surface area contributed by atoms with E-state index in [4.69, 9.17) is 0 Å². The lowest BCUT2D eigenvalue weighted by atomic mass is 9.78. The van der Waals surface area contributed by atoms with E-state index < -0.39 is 45.4 Å². The molecule has 18 heteroatoms. The summed E-state index contributed by atoms with van der Waals surface area (Å²) in [6, 6.07) is 30.7. The van der Waals surface area contributed by atoms with Crippen LogP contribution in [0.4, 0.5) is 17.1 Å². The van der Waals surface area contributed by atoms with Crippen molar-refractivity contribution in [1.29, 1.82) is 0 Å². The number of aromatic hydroxyl groups is 3. The van der Waals surface area contributed by atoms with Gasteiger partial charge >= 0.3 is 5.97 Å². The molecule has 0 saturated carbocycles. The maximum atomic E-state index is 13.0. The fourth-order valence-corrected chi connectivity index (χ4v) is 10.4. The molecule has 0 aliphatic heterocycles. The van der Waals surface area contributed by atoms with E-state index in [-0.39, 0.29) is 73.2 Å². The average molecular weight is 1220 g/mol. The van der Waals surface area contributed by atoms with E-state index in [0.29, 0.717) is 60.9 Å². The van der Waals surface area contributed by atoms with Gasteiger partial charge in [-0.3, -0.25) is 33.6 Å². The average Bonchev–Trinajstić information content (AvgIpc) is 0.858. The van der Waals surface area contributed by atoms with E-state index in [2.05, 4.69) is 30.9 Å². The van der Waals surface area contributed by atoms with Crippen molar-refractivity contribution in [3.8, 4) is 17.2 Å².